The molecule has 0 amide bonds. The number of hydrogen-bond acceptors (Lipinski definition) is 3. The van der Waals surface area contributed by atoms with Crippen molar-refractivity contribution in [1.82, 2.24) is 10.6 Å². The molecule has 0 bridgehead atoms. The topological polar surface area (TPSA) is 24.1 Å². The molecular weight excluding hydrogens is 360 g/mol. The Morgan fingerprint density at radius 3 is 2.18 bits per heavy atom. The molecule has 1 saturated heterocycles. The molecule has 28 heavy (non-hydrogen) atoms. The number of piperidine rings is 1. The predicted octanol–water partition coefficient (Wildman–Crippen LogP) is 4.92. The van der Waals surface area contributed by atoms with Crippen molar-refractivity contribution < 1.29 is 0 Å². The second-order valence-corrected chi connectivity index (χ2v) is 9.50. The second-order valence-electron chi connectivity index (χ2n) is 8.38. The summed E-state index contributed by atoms with van der Waals surface area (Å²) in [5.74, 6) is 1.58. The Labute approximate surface area is 172 Å². The van der Waals surface area contributed by atoms with Crippen LogP contribution in [-0.4, -0.2) is 25.2 Å². The molecular formula is C25H28N2S. The minimum Gasteiger partial charge on any atom is -0.313 e. The number of hydrogen-bond donors (Lipinski definition) is 2. The molecule has 3 aromatic rings. The predicted molar refractivity (Wildman–Crippen MR) is 118 cm³/mol. The van der Waals surface area contributed by atoms with Gasteiger partial charge in [-0.3, -0.25) is 0 Å². The van der Waals surface area contributed by atoms with Crippen molar-refractivity contribution in [2.45, 2.75) is 36.8 Å². The third-order valence-electron chi connectivity index (χ3n) is 7.04. The first-order valence-electron chi connectivity index (χ1n) is 10.3. The average Bonchev–Trinajstić information content (AvgIpc) is 3.35. The fraction of sp³-hybridized carbons (Fsp3) is 0.360. The fourth-order valence-electron chi connectivity index (χ4n) is 5.46. The number of aryl methyl sites for hydroxylation is 1. The van der Waals surface area contributed by atoms with Crippen LogP contribution in [0.5, 0.6) is 0 Å². The van der Waals surface area contributed by atoms with Crippen LogP contribution in [0.4, 0.5) is 0 Å². The summed E-state index contributed by atoms with van der Waals surface area (Å²) in [5.41, 5.74) is 4.62. The first kappa shape index (κ1) is 18.1. The van der Waals surface area contributed by atoms with Gasteiger partial charge in [0.15, 0.2) is 0 Å². The van der Waals surface area contributed by atoms with Crippen molar-refractivity contribution >= 4 is 11.3 Å². The highest BCUT2D eigenvalue weighted by Gasteiger charge is 2.62. The maximum Gasteiger partial charge on any atom is 0.0342 e. The van der Waals surface area contributed by atoms with E-state index in [9.17, 15) is 0 Å². The smallest absolute Gasteiger partial charge is 0.0342 e. The molecule has 2 nitrogen and oxygen atoms in total. The Kier molecular flexibility index (Phi) is 4.62. The molecule has 4 atom stereocenters. The van der Waals surface area contributed by atoms with E-state index in [0.717, 1.165) is 6.54 Å². The van der Waals surface area contributed by atoms with Crippen LogP contribution in [0, 0.1) is 12.8 Å². The maximum absolute atomic E-state index is 4.01. The van der Waals surface area contributed by atoms with Crippen LogP contribution in [0.15, 0.2) is 72.1 Å². The van der Waals surface area contributed by atoms with Crippen LogP contribution in [0.2, 0.25) is 0 Å². The van der Waals surface area contributed by atoms with Gasteiger partial charge in [-0.25, -0.2) is 0 Å². The molecule has 1 aromatic heterocycles. The highest BCUT2D eigenvalue weighted by Crippen LogP contribution is 2.58. The van der Waals surface area contributed by atoms with Gasteiger partial charge < -0.3 is 10.6 Å². The average molecular weight is 389 g/mol. The lowest BCUT2D eigenvalue weighted by molar-refractivity contribution is 0.271. The Morgan fingerprint density at radius 1 is 1.00 bits per heavy atom. The van der Waals surface area contributed by atoms with Crippen molar-refractivity contribution in [1.29, 1.82) is 0 Å². The zero-order valence-electron chi connectivity index (χ0n) is 16.6. The lowest BCUT2D eigenvalue weighted by atomic mass is 9.72. The molecule has 2 aromatic carbocycles. The number of thiophene rings is 1. The summed E-state index contributed by atoms with van der Waals surface area (Å²) in [6.07, 6.45) is 1.27. The minimum atomic E-state index is 0.271. The van der Waals surface area contributed by atoms with Gasteiger partial charge in [-0.2, -0.15) is 0 Å². The third kappa shape index (κ3) is 2.93. The molecule has 4 unspecified atom stereocenters. The van der Waals surface area contributed by atoms with Crippen LogP contribution in [-0.2, 0) is 0 Å². The summed E-state index contributed by atoms with van der Waals surface area (Å²) >= 11 is 1.88. The largest absolute Gasteiger partial charge is 0.313 e. The lowest BCUT2D eigenvalue weighted by Gasteiger charge is -2.41. The van der Waals surface area contributed by atoms with Gasteiger partial charge >= 0.3 is 0 Å². The van der Waals surface area contributed by atoms with Gasteiger partial charge in [-0.15, -0.1) is 11.3 Å². The number of rotatable bonds is 5. The van der Waals surface area contributed by atoms with Crippen LogP contribution in [0.3, 0.4) is 0 Å². The Balaban J connectivity index is 1.62. The molecule has 2 N–H and O–H groups in total. The van der Waals surface area contributed by atoms with E-state index >= 15 is 0 Å². The molecule has 0 radical (unpaired) electrons. The van der Waals surface area contributed by atoms with Gasteiger partial charge in [0.05, 0.1) is 0 Å². The van der Waals surface area contributed by atoms with Gasteiger partial charge in [-0.05, 0) is 54.4 Å². The molecule has 0 spiro atoms. The Hall–Kier alpha value is -1.94. The Bertz CT molecular complexity index is 896. The van der Waals surface area contributed by atoms with Crippen molar-refractivity contribution in [3.8, 4) is 0 Å². The summed E-state index contributed by atoms with van der Waals surface area (Å²) in [7, 11) is 2.13. The summed E-state index contributed by atoms with van der Waals surface area (Å²) < 4.78 is 0. The standard InChI is InChI=1S/C25H28N2S/c1-17-20(13-14-28-17)23-21-15-25(21,26-2)16-27-24(23)22(18-9-5-3-6-10-18)19-11-7-4-8-12-19/h3-14,21-24,26-27H,15-16H2,1-2H3. The number of benzene rings is 2. The van der Waals surface area contributed by atoms with E-state index in [1.807, 2.05) is 11.3 Å². The van der Waals surface area contributed by atoms with E-state index in [-0.39, 0.29) is 5.54 Å². The maximum atomic E-state index is 4.01. The molecule has 3 heteroatoms. The van der Waals surface area contributed by atoms with E-state index in [2.05, 4.69) is 96.7 Å². The van der Waals surface area contributed by atoms with Gasteiger partial charge in [-0.1, -0.05) is 60.7 Å². The second kappa shape index (κ2) is 7.14. The van der Waals surface area contributed by atoms with E-state index in [1.165, 1.54) is 22.4 Å². The summed E-state index contributed by atoms with van der Waals surface area (Å²) in [6, 6.07) is 24.9. The number of likely N-dealkylation sites (N-methyl/N-ethyl adjacent to an activating group) is 1. The molecule has 5 rings (SSSR count). The summed E-state index contributed by atoms with van der Waals surface area (Å²) in [4.78, 5) is 1.47. The molecule has 144 valence electrons. The number of fused-ring (bicyclic) bond motifs is 1. The monoisotopic (exact) mass is 388 g/mol. The van der Waals surface area contributed by atoms with Crippen molar-refractivity contribution in [2.75, 3.05) is 13.6 Å². The van der Waals surface area contributed by atoms with Crippen LogP contribution in [0.25, 0.3) is 0 Å². The fourth-order valence-corrected chi connectivity index (χ4v) is 6.22. The first-order valence-corrected chi connectivity index (χ1v) is 11.2. The van der Waals surface area contributed by atoms with Crippen molar-refractivity contribution in [3.63, 3.8) is 0 Å². The zero-order valence-corrected chi connectivity index (χ0v) is 17.4. The molecule has 2 fully saturated rings. The van der Waals surface area contributed by atoms with Crippen molar-refractivity contribution in [3.05, 3.63) is 93.7 Å². The SMILES string of the molecule is CNC12CNC(C(c3ccccc3)c3ccccc3)C(c3ccsc3C)C1C2. The van der Waals surface area contributed by atoms with Gasteiger partial charge in [0.2, 0.25) is 0 Å². The number of nitrogens with one attached hydrogen (secondary N) is 2. The van der Waals surface area contributed by atoms with Crippen LogP contribution >= 0.6 is 11.3 Å². The summed E-state index contributed by atoms with van der Waals surface area (Å²) in [5, 5.41) is 9.92. The first-order chi connectivity index (χ1) is 13.7. The highest BCUT2D eigenvalue weighted by molar-refractivity contribution is 7.10. The van der Waals surface area contributed by atoms with Crippen LogP contribution in [0.1, 0.15) is 39.8 Å². The van der Waals surface area contributed by atoms with E-state index < -0.39 is 0 Å². The van der Waals surface area contributed by atoms with Crippen LogP contribution < -0.4 is 10.6 Å². The van der Waals surface area contributed by atoms with Gasteiger partial charge in [0.1, 0.15) is 0 Å². The quantitative estimate of drug-likeness (QED) is 0.648. The molecule has 2 heterocycles. The molecule has 1 saturated carbocycles. The van der Waals surface area contributed by atoms with E-state index in [1.54, 1.807) is 5.56 Å². The lowest BCUT2D eigenvalue weighted by Crippen LogP contribution is -2.54. The van der Waals surface area contributed by atoms with Gasteiger partial charge in [0, 0.05) is 34.8 Å². The molecule has 1 aliphatic carbocycles. The van der Waals surface area contributed by atoms with Gasteiger partial charge in [0.25, 0.3) is 0 Å². The van der Waals surface area contributed by atoms with E-state index in [0.29, 0.717) is 23.8 Å². The Morgan fingerprint density at radius 2 is 1.64 bits per heavy atom. The van der Waals surface area contributed by atoms with E-state index in [4.69, 9.17) is 0 Å². The normalized spacial score (nSPS) is 28.9. The highest BCUT2D eigenvalue weighted by atomic mass is 32.1. The molecule has 2 aliphatic rings. The third-order valence-corrected chi connectivity index (χ3v) is 7.90. The minimum absolute atomic E-state index is 0.271. The molecule has 1 aliphatic heterocycles. The zero-order chi connectivity index (χ0) is 19.1. The summed E-state index contributed by atoms with van der Waals surface area (Å²) in [6.45, 7) is 3.34. The van der Waals surface area contributed by atoms with Crippen molar-refractivity contribution in [2.24, 2.45) is 5.92 Å².